The highest BCUT2D eigenvalue weighted by Crippen LogP contribution is 2.17. The van der Waals surface area contributed by atoms with Crippen molar-refractivity contribution in [2.24, 2.45) is 7.05 Å². The van der Waals surface area contributed by atoms with Gasteiger partial charge in [0, 0.05) is 31.4 Å². The number of aromatic nitrogens is 2. The van der Waals surface area contributed by atoms with Crippen molar-refractivity contribution in [3.8, 4) is 0 Å². The first-order valence-electron chi connectivity index (χ1n) is 7.54. The topological polar surface area (TPSA) is 50.5 Å². The van der Waals surface area contributed by atoms with Crippen molar-refractivity contribution in [1.82, 2.24) is 14.7 Å². The Balaban J connectivity index is 1.73. The number of aliphatic hydroxyl groups excluding tert-OH is 1. The lowest BCUT2D eigenvalue weighted by Gasteiger charge is -2.26. The number of hydrogen-bond acceptors (Lipinski definition) is 4. The lowest BCUT2D eigenvalue weighted by atomic mass is 10.1. The van der Waals surface area contributed by atoms with Gasteiger partial charge in [0.1, 0.15) is 0 Å². The molecule has 0 aliphatic carbocycles. The Kier molecular flexibility index (Phi) is 6.12. The second-order valence-corrected chi connectivity index (χ2v) is 5.72. The summed E-state index contributed by atoms with van der Waals surface area (Å²) >= 11 is 0. The zero-order chi connectivity index (χ0) is 15.9. The third-order valence-electron chi connectivity index (χ3n) is 3.79. The molecule has 1 aromatic heterocycles. The van der Waals surface area contributed by atoms with E-state index in [0.717, 1.165) is 11.1 Å². The first-order chi connectivity index (χ1) is 10.6. The van der Waals surface area contributed by atoms with Crippen molar-refractivity contribution in [1.29, 1.82) is 0 Å². The van der Waals surface area contributed by atoms with Crippen molar-refractivity contribution in [3.05, 3.63) is 53.9 Å². The fraction of sp³-hybridized carbons (Fsp3) is 0.471. The van der Waals surface area contributed by atoms with E-state index in [1.807, 2.05) is 56.8 Å². The van der Waals surface area contributed by atoms with Crippen LogP contribution in [0.15, 0.2) is 42.7 Å². The van der Waals surface area contributed by atoms with Gasteiger partial charge in [-0.05, 0) is 19.5 Å². The number of likely N-dealkylation sites (N-methyl/N-ethyl adjacent to an activating group) is 1. The second kappa shape index (κ2) is 8.08. The Labute approximate surface area is 132 Å². The van der Waals surface area contributed by atoms with E-state index in [0.29, 0.717) is 19.8 Å². The number of nitrogens with zero attached hydrogens (tertiary/aromatic N) is 3. The zero-order valence-corrected chi connectivity index (χ0v) is 13.5. The maximum absolute atomic E-state index is 10.1. The van der Waals surface area contributed by atoms with E-state index < -0.39 is 6.10 Å². The molecule has 5 nitrogen and oxygen atoms in total. The highest BCUT2D eigenvalue weighted by molar-refractivity contribution is 5.13. The lowest BCUT2D eigenvalue weighted by Crippen LogP contribution is -2.33. The normalized spacial score (nSPS) is 14.2. The fourth-order valence-corrected chi connectivity index (χ4v) is 2.34. The average Bonchev–Trinajstić information content (AvgIpc) is 2.94. The van der Waals surface area contributed by atoms with Crippen molar-refractivity contribution in [2.75, 3.05) is 20.2 Å². The Morgan fingerprint density at radius 2 is 2.05 bits per heavy atom. The van der Waals surface area contributed by atoms with Crippen molar-refractivity contribution in [2.45, 2.75) is 25.7 Å². The molecule has 22 heavy (non-hydrogen) atoms. The molecule has 120 valence electrons. The van der Waals surface area contributed by atoms with E-state index in [9.17, 15) is 5.11 Å². The Morgan fingerprint density at radius 1 is 1.32 bits per heavy atom. The summed E-state index contributed by atoms with van der Waals surface area (Å²) in [5.74, 6) is 0. The molecule has 1 aromatic carbocycles. The van der Waals surface area contributed by atoms with E-state index in [1.54, 1.807) is 4.68 Å². The van der Waals surface area contributed by atoms with Crippen LogP contribution in [-0.2, 0) is 18.4 Å². The third kappa shape index (κ3) is 4.94. The monoisotopic (exact) mass is 303 g/mol. The summed E-state index contributed by atoms with van der Waals surface area (Å²) in [4.78, 5) is 2.10. The molecule has 2 rings (SSSR count). The van der Waals surface area contributed by atoms with E-state index in [-0.39, 0.29) is 6.04 Å². The van der Waals surface area contributed by atoms with Gasteiger partial charge >= 0.3 is 0 Å². The van der Waals surface area contributed by atoms with Gasteiger partial charge in [-0.15, -0.1) is 0 Å². The van der Waals surface area contributed by atoms with Crippen LogP contribution >= 0.6 is 0 Å². The van der Waals surface area contributed by atoms with Crippen molar-refractivity contribution >= 4 is 0 Å². The molecular formula is C17H25N3O2. The van der Waals surface area contributed by atoms with Crippen LogP contribution in [0.5, 0.6) is 0 Å². The summed E-state index contributed by atoms with van der Waals surface area (Å²) in [6.45, 7) is 3.53. The largest absolute Gasteiger partial charge is 0.389 e. The highest BCUT2D eigenvalue weighted by Gasteiger charge is 2.16. The van der Waals surface area contributed by atoms with E-state index in [2.05, 4.69) is 16.9 Å². The Morgan fingerprint density at radius 3 is 2.68 bits per heavy atom. The smallest absolute Gasteiger partial charge is 0.0900 e. The van der Waals surface area contributed by atoms with Gasteiger partial charge in [-0.25, -0.2) is 0 Å². The SMILES string of the molecule is CC(c1cnn(C)c1)N(C)CC(O)COCc1ccccc1. The van der Waals surface area contributed by atoms with Crippen LogP contribution in [0.1, 0.15) is 24.1 Å². The zero-order valence-electron chi connectivity index (χ0n) is 13.5. The number of aryl methyl sites for hydroxylation is 1. The maximum Gasteiger partial charge on any atom is 0.0900 e. The number of ether oxygens (including phenoxy) is 1. The van der Waals surface area contributed by atoms with Gasteiger partial charge in [-0.2, -0.15) is 5.10 Å². The molecule has 2 atom stereocenters. The average molecular weight is 303 g/mol. The molecule has 0 saturated carbocycles. The van der Waals surface area contributed by atoms with Gasteiger partial charge in [-0.1, -0.05) is 30.3 Å². The van der Waals surface area contributed by atoms with Gasteiger partial charge in [-0.3, -0.25) is 9.58 Å². The second-order valence-electron chi connectivity index (χ2n) is 5.72. The molecule has 1 N–H and O–H groups in total. The van der Waals surface area contributed by atoms with Crippen LogP contribution in [-0.4, -0.2) is 46.1 Å². The molecule has 2 aromatic rings. The Bertz CT molecular complexity index is 556. The molecule has 0 saturated heterocycles. The first kappa shape index (κ1) is 16.7. The van der Waals surface area contributed by atoms with Gasteiger partial charge < -0.3 is 9.84 Å². The minimum Gasteiger partial charge on any atom is -0.389 e. The molecule has 0 aliphatic rings. The molecule has 2 unspecified atom stereocenters. The van der Waals surface area contributed by atoms with E-state index in [1.165, 1.54) is 0 Å². The van der Waals surface area contributed by atoms with E-state index >= 15 is 0 Å². The van der Waals surface area contributed by atoms with Crippen LogP contribution in [0.2, 0.25) is 0 Å². The third-order valence-corrected chi connectivity index (χ3v) is 3.79. The number of aliphatic hydroxyl groups is 1. The summed E-state index contributed by atoms with van der Waals surface area (Å²) in [7, 11) is 3.90. The van der Waals surface area contributed by atoms with Crippen molar-refractivity contribution in [3.63, 3.8) is 0 Å². The van der Waals surface area contributed by atoms with Crippen molar-refractivity contribution < 1.29 is 9.84 Å². The summed E-state index contributed by atoms with van der Waals surface area (Å²) in [6, 6.07) is 10.2. The van der Waals surface area contributed by atoms with Gasteiger partial charge in [0.2, 0.25) is 0 Å². The number of benzene rings is 1. The molecule has 0 spiro atoms. The molecular weight excluding hydrogens is 278 g/mol. The van der Waals surface area contributed by atoms with Crippen LogP contribution in [0, 0.1) is 0 Å². The first-order valence-corrected chi connectivity index (χ1v) is 7.54. The predicted molar refractivity (Wildman–Crippen MR) is 86.4 cm³/mol. The lowest BCUT2D eigenvalue weighted by molar-refractivity contribution is 0.00853. The predicted octanol–water partition coefficient (Wildman–Crippen LogP) is 1.99. The number of rotatable bonds is 8. The van der Waals surface area contributed by atoms with E-state index in [4.69, 9.17) is 4.74 Å². The molecule has 0 aliphatic heterocycles. The molecule has 5 heteroatoms. The maximum atomic E-state index is 10.1. The van der Waals surface area contributed by atoms with Crippen LogP contribution in [0.25, 0.3) is 0 Å². The minimum absolute atomic E-state index is 0.206. The standard InChI is InChI=1S/C17H25N3O2/c1-14(16-9-18-20(3)10-16)19(2)11-17(21)13-22-12-15-7-5-4-6-8-15/h4-10,14,17,21H,11-13H2,1-3H3. The molecule has 0 amide bonds. The van der Waals surface area contributed by atoms with Gasteiger partial charge in [0.05, 0.1) is 25.5 Å². The summed E-state index contributed by atoms with van der Waals surface area (Å²) < 4.78 is 7.37. The summed E-state index contributed by atoms with van der Waals surface area (Å²) in [5, 5.41) is 14.3. The van der Waals surface area contributed by atoms with Crippen LogP contribution < -0.4 is 0 Å². The summed E-state index contributed by atoms with van der Waals surface area (Å²) in [6.07, 6.45) is 3.35. The molecule has 0 fully saturated rings. The molecule has 1 heterocycles. The van der Waals surface area contributed by atoms with Gasteiger partial charge in [0.25, 0.3) is 0 Å². The van der Waals surface area contributed by atoms with Crippen LogP contribution in [0.4, 0.5) is 0 Å². The quantitative estimate of drug-likeness (QED) is 0.810. The minimum atomic E-state index is -0.507. The highest BCUT2D eigenvalue weighted by atomic mass is 16.5. The Hall–Kier alpha value is -1.69. The summed E-state index contributed by atoms with van der Waals surface area (Å²) in [5.41, 5.74) is 2.26. The fourth-order valence-electron chi connectivity index (χ4n) is 2.34. The van der Waals surface area contributed by atoms with Crippen LogP contribution in [0.3, 0.4) is 0 Å². The molecule has 0 radical (unpaired) electrons. The molecule has 0 bridgehead atoms. The number of hydrogen-bond donors (Lipinski definition) is 1. The van der Waals surface area contributed by atoms with Gasteiger partial charge in [0.15, 0.2) is 0 Å².